The number of carboxylic acid groups (broad SMARTS) is 1. The molecule has 2 unspecified atom stereocenters. The smallest absolute Gasteiger partial charge is 0.475 e. The first-order valence-electron chi connectivity index (χ1n) is 13.9. The van der Waals surface area contributed by atoms with Crippen LogP contribution in [0.1, 0.15) is 24.0 Å². The molecule has 0 bridgehead atoms. The summed E-state index contributed by atoms with van der Waals surface area (Å²) in [4.78, 5) is 43.3. The van der Waals surface area contributed by atoms with Gasteiger partial charge in [0, 0.05) is 60.5 Å². The molecule has 0 radical (unpaired) electrons. The van der Waals surface area contributed by atoms with Gasteiger partial charge in [-0.1, -0.05) is 36.7 Å². The van der Waals surface area contributed by atoms with Crippen molar-refractivity contribution in [2.45, 2.75) is 31.5 Å². The molecule has 0 spiro atoms. The van der Waals surface area contributed by atoms with Crippen molar-refractivity contribution in [3.05, 3.63) is 64.8 Å². The number of nitrogens with zero attached hydrogens (tertiary/aromatic N) is 2. The van der Waals surface area contributed by atoms with Gasteiger partial charge in [0.15, 0.2) is 0 Å². The summed E-state index contributed by atoms with van der Waals surface area (Å²) in [5.41, 5.74) is 3.86. The number of amides is 3. The molecule has 0 saturated carbocycles. The number of hydrogen-bond acceptors (Lipinski definition) is 5. The molecule has 44 heavy (non-hydrogen) atoms. The van der Waals surface area contributed by atoms with Gasteiger partial charge in [0.25, 0.3) is 0 Å². The second kappa shape index (κ2) is 15.3. The Bertz CT molecular complexity index is 1450. The minimum Gasteiger partial charge on any atom is -0.475 e. The summed E-state index contributed by atoms with van der Waals surface area (Å²) in [7, 11) is 5.65. The largest absolute Gasteiger partial charge is 0.490 e. The number of carboxylic acids is 1. The average Bonchev–Trinajstić information content (AvgIpc) is 3.38. The van der Waals surface area contributed by atoms with Crippen LogP contribution >= 0.6 is 11.6 Å². The molecule has 3 amide bonds. The molecule has 14 heteroatoms. The first kappa shape index (κ1) is 34.7. The summed E-state index contributed by atoms with van der Waals surface area (Å²) in [6.07, 6.45) is -2.32. The van der Waals surface area contributed by atoms with Crippen LogP contribution < -0.4 is 15.5 Å². The highest BCUT2D eigenvalue weighted by atomic mass is 35.5. The molecule has 4 rings (SSSR count). The third-order valence-electron chi connectivity index (χ3n) is 7.17. The Balaban J connectivity index is 0.000000676. The van der Waals surface area contributed by atoms with Gasteiger partial charge in [-0.05, 0) is 61.8 Å². The maximum absolute atomic E-state index is 14.3. The van der Waals surface area contributed by atoms with Gasteiger partial charge < -0.3 is 35.3 Å². The van der Waals surface area contributed by atoms with Crippen LogP contribution in [0.5, 0.6) is 0 Å². The highest BCUT2D eigenvalue weighted by Gasteiger charge is 2.38. The molecule has 10 nitrogen and oxygen atoms in total. The lowest BCUT2D eigenvalue weighted by Crippen LogP contribution is -2.56. The lowest BCUT2D eigenvalue weighted by Gasteiger charge is -2.38. The number of benzene rings is 2. The number of carbonyl (C=O) groups excluding carboxylic acids is 2. The maximum atomic E-state index is 14.3. The molecular formula is C30H37ClF3N5O5. The second-order valence-electron chi connectivity index (χ2n) is 10.8. The number of halogens is 4. The van der Waals surface area contributed by atoms with Gasteiger partial charge in [-0.25, -0.2) is 9.59 Å². The highest BCUT2D eigenvalue weighted by molar-refractivity contribution is 6.30. The van der Waals surface area contributed by atoms with Crippen molar-refractivity contribution >= 4 is 46.1 Å². The van der Waals surface area contributed by atoms with E-state index in [4.69, 9.17) is 26.2 Å². The predicted molar refractivity (Wildman–Crippen MR) is 162 cm³/mol. The molecule has 0 saturated heterocycles. The Kier molecular flexibility index (Phi) is 12.0. The van der Waals surface area contributed by atoms with Crippen LogP contribution in [0.3, 0.4) is 0 Å². The van der Waals surface area contributed by atoms with E-state index in [0.717, 1.165) is 40.7 Å². The Labute approximate surface area is 258 Å². The number of hydrogen-bond donors (Lipinski definition) is 4. The Morgan fingerprint density at radius 1 is 1.20 bits per heavy atom. The van der Waals surface area contributed by atoms with Gasteiger partial charge in [-0.3, -0.25) is 4.79 Å². The molecule has 2 aromatic carbocycles. The topological polar surface area (TPSA) is 127 Å². The van der Waals surface area contributed by atoms with Gasteiger partial charge in [0.1, 0.15) is 6.04 Å². The van der Waals surface area contributed by atoms with Crippen LogP contribution in [0.25, 0.3) is 10.9 Å². The zero-order valence-corrected chi connectivity index (χ0v) is 25.6. The van der Waals surface area contributed by atoms with Crippen molar-refractivity contribution in [3.63, 3.8) is 0 Å². The van der Waals surface area contributed by atoms with Crippen LogP contribution in [0.15, 0.2) is 48.7 Å². The number of anilines is 1. The number of methoxy groups -OCH3 is 1. The van der Waals surface area contributed by atoms with Crippen LogP contribution in [0.2, 0.25) is 5.02 Å². The summed E-state index contributed by atoms with van der Waals surface area (Å²) in [6, 6.07) is 12.5. The van der Waals surface area contributed by atoms with Crippen LogP contribution in [0.4, 0.5) is 23.7 Å². The van der Waals surface area contributed by atoms with E-state index in [1.807, 2.05) is 74.6 Å². The molecule has 1 aliphatic rings. The van der Waals surface area contributed by atoms with E-state index in [9.17, 15) is 22.8 Å². The average molecular weight is 640 g/mol. The zero-order chi connectivity index (χ0) is 32.6. The summed E-state index contributed by atoms with van der Waals surface area (Å²) in [6.45, 7) is 4.12. The van der Waals surface area contributed by atoms with E-state index in [0.29, 0.717) is 24.7 Å². The third-order valence-corrected chi connectivity index (χ3v) is 7.40. The number of aliphatic carboxylic acids is 1. The fourth-order valence-electron chi connectivity index (χ4n) is 5.24. The van der Waals surface area contributed by atoms with Crippen molar-refractivity contribution in [3.8, 4) is 0 Å². The predicted octanol–water partition coefficient (Wildman–Crippen LogP) is 4.64. The normalized spacial score (nSPS) is 16.0. The highest BCUT2D eigenvalue weighted by Crippen LogP contribution is 2.35. The fourth-order valence-corrected chi connectivity index (χ4v) is 5.43. The monoisotopic (exact) mass is 639 g/mol. The van der Waals surface area contributed by atoms with Gasteiger partial charge in [0.2, 0.25) is 5.91 Å². The number of rotatable bonds is 9. The number of carbonyl (C=O) groups is 3. The molecule has 0 aliphatic carbocycles. The first-order chi connectivity index (χ1) is 20.7. The number of para-hydroxylation sites is 1. The van der Waals surface area contributed by atoms with Gasteiger partial charge in [-0.2, -0.15) is 13.2 Å². The van der Waals surface area contributed by atoms with Gasteiger partial charge in [-0.15, -0.1) is 0 Å². The Hall–Kier alpha value is -3.81. The fraction of sp³-hybridized carbons (Fsp3) is 0.433. The number of aromatic nitrogens is 1. The molecule has 3 aromatic rings. The number of ether oxygens (including phenoxy) is 1. The maximum Gasteiger partial charge on any atom is 0.490 e. The number of urea groups is 1. The van der Waals surface area contributed by atoms with Crippen LogP contribution in [0, 0.1) is 5.92 Å². The number of alkyl halides is 3. The van der Waals surface area contributed by atoms with E-state index in [1.54, 1.807) is 7.11 Å². The lowest BCUT2D eigenvalue weighted by molar-refractivity contribution is -0.192. The molecule has 0 fully saturated rings. The Morgan fingerprint density at radius 2 is 1.89 bits per heavy atom. The van der Waals surface area contributed by atoms with Gasteiger partial charge in [0.05, 0.1) is 6.61 Å². The van der Waals surface area contributed by atoms with E-state index >= 15 is 0 Å². The number of nitrogens with one attached hydrogen (secondary N) is 3. The minimum absolute atomic E-state index is 0.147. The van der Waals surface area contributed by atoms with Crippen molar-refractivity contribution in [1.82, 2.24) is 20.5 Å². The van der Waals surface area contributed by atoms with Gasteiger partial charge >= 0.3 is 18.2 Å². The minimum atomic E-state index is -5.08. The van der Waals surface area contributed by atoms with E-state index in [1.165, 1.54) is 0 Å². The first-order valence-corrected chi connectivity index (χ1v) is 14.2. The lowest BCUT2D eigenvalue weighted by atomic mass is 9.88. The standard InChI is InChI=1S/C28H36ClN5O3.C2HF3O2/c1-18(23-15-31-24-8-6-5-7-22(23)24)26(32-28(36)30-11-12-37-4)27(35)34-17-19(16-33(2)3)13-20-14-21(29)9-10-25(20)34;3-2(4,5)1(6)7/h5-10,14-15,18-19,26,31H,11-13,16-17H2,1-4H3,(H2,30,32,36);(H,6,7)/t18?,19-,26?;/m1./s1. The summed E-state index contributed by atoms with van der Waals surface area (Å²) >= 11 is 6.33. The number of H-pyrrole nitrogens is 1. The third kappa shape index (κ3) is 9.10. The SMILES string of the molecule is COCCNC(=O)NC(C(=O)N1C[C@@H](CN(C)C)Cc2cc(Cl)ccc21)C(C)c1c[nH]c2ccccc12.O=C(O)C(F)(F)F. The summed E-state index contributed by atoms with van der Waals surface area (Å²) < 4.78 is 36.8. The van der Waals surface area contributed by atoms with Crippen LogP contribution in [-0.2, 0) is 20.7 Å². The molecule has 3 atom stereocenters. The molecule has 1 aliphatic heterocycles. The van der Waals surface area contributed by atoms with E-state index < -0.39 is 24.2 Å². The summed E-state index contributed by atoms with van der Waals surface area (Å²) in [5, 5.41) is 14.6. The molecule has 240 valence electrons. The second-order valence-corrected chi connectivity index (χ2v) is 11.2. The number of fused-ring (bicyclic) bond motifs is 2. The molecule has 4 N–H and O–H groups in total. The summed E-state index contributed by atoms with van der Waals surface area (Å²) in [5.74, 6) is -2.95. The zero-order valence-electron chi connectivity index (χ0n) is 24.9. The van der Waals surface area contributed by atoms with Crippen LogP contribution in [-0.4, -0.2) is 92.6 Å². The molecule has 1 aromatic heterocycles. The quantitative estimate of drug-likeness (QED) is 0.253. The van der Waals surface area contributed by atoms with E-state index in [2.05, 4.69) is 20.5 Å². The Morgan fingerprint density at radius 3 is 2.52 bits per heavy atom. The van der Waals surface area contributed by atoms with E-state index in [-0.39, 0.29) is 17.7 Å². The molecular weight excluding hydrogens is 603 g/mol. The molecule has 2 heterocycles. The van der Waals surface area contributed by atoms with Crippen molar-refractivity contribution in [2.24, 2.45) is 5.92 Å². The van der Waals surface area contributed by atoms with Crippen molar-refractivity contribution in [2.75, 3.05) is 52.3 Å². The van der Waals surface area contributed by atoms with Crippen molar-refractivity contribution in [1.29, 1.82) is 0 Å². The van der Waals surface area contributed by atoms with Crippen molar-refractivity contribution < 1.29 is 37.4 Å². The number of aromatic amines is 1.